The number of ether oxygens (including phenoxy) is 1. The van der Waals surface area contributed by atoms with Gasteiger partial charge in [-0.15, -0.1) is 0 Å². The number of hydrogen-bond acceptors (Lipinski definition) is 3. The predicted molar refractivity (Wildman–Crippen MR) is 66.7 cm³/mol. The van der Waals surface area contributed by atoms with E-state index in [1.807, 2.05) is 24.3 Å². The summed E-state index contributed by atoms with van der Waals surface area (Å²) in [5.41, 5.74) is 1.97. The highest BCUT2D eigenvalue weighted by atomic mass is 16.5. The number of carbonyl (C=O) groups excluding carboxylic acids is 1. The third-order valence-corrected chi connectivity index (χ3v) is 2.65. The van der Waals surface area contributed by atoms with Crippen molar-refractivity contribution in [3.63, 3.8) is 0 Å². The Morgan fingerprint density at radius 3 is 2.24 bits per heavy atom. The first-order chi connectivity index (χ1) is 8.04. The first-order valence-electron chi connectivity index (χ1n) is 5.98. The summed E-state index contributed by atoms with van der Waals surface area (Å²) in [5, 5.41) is 9.85. The van der Waals surface area contributed by atoms with E-state index in [-0.39, 0.29) is 12.4 Å². The number of esters is 1. The summed E-state index contributed by atoms with van der Waals surface area (Å²) in [5.74, 6) is 0.0965. The van der Waals surface area contributed by atoms with E-state index in [0.717, 1.165) is 5.56 Å². The maximum atomic E-state index is 11.2. The highest BCUT2D eigenvalue weighted by molar-refractivity contribution is 5.70. The fraction of sp³-hybridized carbons (Fsp3) is 0.500. The SMILES string of the molecule is CCOC(=O)C[C@H](O)c1ccc(C(C)C)cc1. The first-order valence-corrected chi connectivity index (χ1v) is 5.98. The van der Waals surface area contributed by atoms with Crippen LogP contribution in [0.3, 0.4) is 0 Å². The van der Waals surface area contributed by atoms with Gasteiger partial charge in [-0.2, -0.15) is 0 Å². The molecule has 0 bridgehead atoms. The molecule has 0 fully saturated rings. The highest BCUT2D eigenvalue weighted by Crippen LogP contribution is 2.20. The molecular formula is C14H20O3. The third-order valence-electron chi connectivity index (χ3n) is 2.65. The predicted octanol–water partition coefficient (Wildman–Crippen LogP) is 2.80. The van der Waals surface area contributed by atoms with Gasteiger partial charge in [-0.3, -0.25) is 4.79 Å². The molecule has 0 saturated heterocycles. The van der Waals surface area contributed by atoms with Gasteiger partial charge in [-0.1, -0.05) is 38.1 Å². The molecule has 0 spiro atoms. The van der Waals surface area contributed by atoms with E-state index in [9.17, 15) is 9.90 Å². The molecule has 0 radical (unpaired) electrons. The molecular weight excluding hydrogens is 216 g/mol. The fourth-order valence-electron chi connectivity index (χ4n) is 1.60. The molecule has 0 unspecified atom stereocenters. The van der Waals surface area contributed by atoms with Gasteiger partial charge in [0.2, 0.25) is 0 Å². The van der Waals surface area contributed by atoms with Crippen LogP contribution in [0.15, 0.2) is 24.3 Å². The van der Waals surface area contributed by atoms with Crippen LogP contribution in [0.1, 0.15) is 50.3 Å². The molecule has 1 atom stereocenters. The molecule has 0 aliphatic rings. The molecule has 1 rings (SSSR count). The zero-order valence-electron chi connectivity index (χ0n) is 10.6. The summed E-state index contributed by atoms with van der Waals surface area (Å²) in [6.07, 6.45) is -0.773. The molecule has 0 aromatic heterocycles. The Morgan fingerprint density at radius 1 is 1.24 bits per heavy atom. The Balaban J connectivity index is 2.63. The topological polar surface area (TPSA) is 46.5 Å². The summed E-state index contributed by atoms with van der Waals surface area (Å²) in [4.78, 5) is 11.2. The smallest absolute Gasteiger partial charge is 0.308 e. The fourth-order valence-corrected chi connectivity index (χ4v) is 1.60. The van der Waals surface area contributed by atoms with E-state index in [1.54, 1.807) is 6.92 Å². The van der Waals surface area contributed by atoms with E-state index in [2.05, 4.69) is 13.8 Å². The normalized spacial score (nSPS) is 12.5. The van der Waals surface area contributed by atoms with E-state index in [0.29, 0.717) is 12.5 Å². The zero-order valence-corrected chi connectivity index (χ0v) is 10.6. The Hall–Kier alpha value is -1.35. The average molecular weight is 236 g/mol. The van der Waals surface area contributed by atoms with Crippen molar-refractivity contribution in [2.45, 2.75) is 39.2 Å². The number of benzene rings is 1. The minimum Gasteiger partial charge on any atom is -0.466 e. The lowest BCUT2D eigenvalue weighted by Crippen LogP contribution is -2.10. The maximum absolute atomic E-state index is 11.2. The molecule has 3 nitrogen and oxygen atoms in total. The second-order valence-electron chi connectivity index (χ2n) is 4.35. The minimum absolute atomic E-state index is 0.00879. The van der Waals surface area contributed by atoms with Crippen LogP contribution >= 0.6 is 0 Å². The zero-order chi connectivity index (χ0) is 12.8. The van der Waals surface area contributed by atoms with Crippen molar-refractivity contribution in [1.29, 1.82) is 0 Å². The van der Waals surface area contributed by atoms with Crippen LogP contribution in [0, 0.1) is 0 Å². The van der Waals surface area contributed by atoms with Crippen molar-refractivity contribution < 1.29 is 14.6 Å². The van der Waals surface area contributed by atoms with Gasteiger partial charge in [-0.05, 0) is 24.0 Å². The van der Waals surface area contributed by atoms with E-state index >= 15 is 0 Å². The van der Waals surface area contributed by atoms with Gasteiger partial charge in [0.05, 0.1) is 19.1 Å². The lowest BCUT2D eigenvalue weighted by Gasteiger charge is -2.12. The number of rotatable bonds is 5. The second kappa shape index (κ2) is 6.40. The van der Waals surface area contributed by atoms with Gasteiger partial charge >= 0.3 is 5.97 Å². The van der Waals surface area contributed by atoms with Gasteiger partial charge in [-0.25, -0.2) is 0 Å². The van der Waals surface area contributed by atoms with Gasteiger partial charge in [0.1, 0.15) is 0 Å². The monoisotopic (exact) mass is 236 g/mol. The third kappa shape index (κ3) is 4.19. The Morgan fingerprint density at radius 2 is 1.76 bits per heavy atom. The highest BCUT2D eigenvalue weighted by Gasteiger charge is 2.13. The Kier molecular flexibility index (Phi) is 5.16. The number of aliphatic hydroxyl groups is 1. The van der Waals surface area contributed by atoms with E-state index < -0.39 is 6.10 Å². The van der Waals surface area contributed by atoms with Crippen molar-refractivity contribution in [3.8, 4) is 0 Å². The average Bonchev–Trinajstić information content (AvgIpc) is 2.29. The van der Waals surface area contributed by atoms with Gasteiger partial charge in [0.15, 0.2) is 0 Å². The summed E-state index contributed by atoms with van der Waals surface area (Å²) < 4.78 is 4.80. The van der Waals surface area contributed by atoms with Crippen LogP contribution in [0.5, 0.6) is 0 Å². The summed E-state index contributed by atoms with van der Waals surface area (Å²) in [6.45, 7) is 6.33. The molecule has 1 aromatic rings. The van der Waals surface area contributed by atoms with Crippen molar-refractivity contribution in [2.75, 3.05) is 6.61 Å². The minimum atomic E-state index is -0.782. The van der Waals surface area contributed by atoms with Gasteiger partial charge in [0, 0.05) is 0 Å². The van der Waals surface area contributed by atoms with Crippen molar-refractivity contribution in [1.82, 2.24) is 0 Å². The summed E-state index contributed by atoms with van der Waals surface area (Å²) in [7, 11) is 0. The lowest BCUT2D eigenvalue weighted by molar-refractivity contribution is -0.145. The first kappa shape index (κ1) is 13.7. The molecule has 0 amide bonds. The van der Waals surface area contributed by atoms with Gasteiger partial charge in [0.25, 0.3) is 0 Å². The van der Waals surface area contributed by atoms with E-state index in [1.165, 1.54) is 5.56 Å². The van der Waals surface area contributed by atoms with Crippen LogP contribution in [-0.2, 0) is 9.53 Å². The molecule has 0 aliphatic carbocycles. The van der Waals surface area contributed by atoms with Crippen molar-refractivity contribution >= 4 is 5.97 Å². The van der Waals surface area contributed by atoms with Crippen molar-refractivity contribution in [3.05, 3.63) is 35.4 Å². The van der Waals surface area contributed by atoms with E-state index in [4.69, 9.17) is 4.74 Å². The lowest BCUT2D eigenvalue weighted by atomic mass is 9.99. The quantitative estimate of drug-likeness (QED) is 0.800. The molecule has 17 heavy (non-hydrogen) atoms. The number of hydrogen-bond donors (Lipinski definition) is 1. The van der Waals surface area contributed by atoms with Crippen LogP contribution in [0.4, 0.5) is 0 Å². The summed E-state index contributed by atoms with van der Waals surface area (Å²) >= 11 is 0. The number of aliphatic hydroxyl groups excluding tert-OH is 1. The molecule has 1 N–H and O–H groups in total. The van der Waals surface area contributed by atoms with Crippen molar-refractivity contribution in [2.24, 2.45) is 0 Å². The number of carbonyl (C=O) groups is 1. The standard InChI is InChI=1S/C14H20O3/c1-4-17-14(16)9-13(15)12-7-5-11(6-8-12)10(2)3/h5-8,10,13,15H,4,9H2,1-3H3/t13-/m0/s1. The largest absolute Gasteiger partial charge is 0.466 e. The van der Waals surface area contributed by atoms with Gasteiger partial charge < -0.3 is 9.84 Å². The molecule has 94 valence electrons. The summed E-state index contributed by atoms with van der Waals surface area (Å²) in [6, 6.07) is 7.68. The molecule has 0 saturated carbocycles. The molecule has 0 aliphatic heterocycles. The second-order valence-corrected chi connectivity index (χ2v) is 4.35. The van der Waals surface area contributed by atoms with Crippen LogP contribution in [0.2, 0.25) is 0 Å². The molecule has 0 heterocycles. The maximum Gasteiger partial charge on any atom is 0.308 e. The molecule has 1 aromatic carbocycles. The Labute approximate surface area is 102 Å². The van der Waals surface area contributed by atoms with Crippen LogP contribution in [-0.4, -0.2) is 17.7 Å². The van der Waals surface area contributed by atoms with Crippen LogP contribution < -0.4 is 0 Å². The van der Waals surface area contributed by atoms with Crippen LogP contribution in [0.25, 0.3) is 0 Å². The Bertz CT molecular complexity index is 354. The molecule has 3 heteroatoms.